The van der Waals surface area contributed by atoms with Crippen molar-refractivity contribution >= 4 is 5.78 Å². The van der Waals surface area contributed by atoms with Crippen molar-refractivity contribution < 1.29 is 15.0 Å². The van der Waals surface area contributed by atoms with Gasteiger partial charge in [0.15, 0.2) is 5.78 Å². The number of carbonyl (C=O) groups is 1. The first-order valence-electron chi connectivity index (χ1n) is 3.67. The van der Waals surface area contributed by atoms with Gasteiger partial charge in [-0.15, -0.1) is 0 Å². The Morgan fingerprint density at radius 3 is 1.73 bits per heavy atom. The van der Waals surface area contributed by atoms with Gasteiger partial charge < -0.3 is 10.2 Å². The second-order valence-corrected chi connectivity index (χ2v) is 3.80. The molecule has 0 saturated heterocycles. The highest BCUT2D eigenvalue weighted by Crippen LogP contribution is 2.17. The molecule has 3 nitrogen and oxygen atoms in total. The Bertz CT molecular complexity index is 144. The monoisotopic (exact) mass is 160 g/mol. The number of Topliss-reactive ketones (excluding diaryl/α,β-unsaturated/α-hetero) is 1. The number of carbonyl (C=O) groups excluding carboxylic acids is 1. The van der Waals surface area contributed by atoms with E-state index in [4.69, 9.17) is 10.2 Å². The van der Waals surface area contributed by atoms with Gasteiger partial charge in [0.1, 0.15) is 6.10 Å². The molecule has 0 spiro atoms. The topological polar surface area (TPSA) is 57.5 Å². The maximum atomic E-state index is 11.2. The lowest BCUT2D eigenvalue weighted by Crippen LogP contribution is -2.39. The van der Waals surface area contributed by atoms with E-state index < -0.39 is 17.6 Å². The van der Waals surface area contributed by atoms with Crippen LogP contribution in [-0.4, -0.2) is 28.2 Å². The lowest BCUT2D eigenvalue weighted by atomic mass is 9.86. The summed E-state index contributed by atoms with van der Waals surface area (Å²) in [5, 5.41) is 18.0. The van der Waals surface area contributed by atoms with E-state index in [1.165, 1.54) is 6.92 Å². The molecule has 0 amide bonds. The maximum Gasteiger partial charge on any atom is 0.169 e. The average Bonchev–Trinajstić information content (AvgIpc) is 1.82. The molecule has 66 valence electrons. The Morgan fingerprint density at radius 2 is 1.64 bits per heavy atom. The van der Waals surface area contributed by atoms with Gasteiger partial charge in [-0.2, -0.15) is 0 Å². The number of rotatable bonds is 2. The number of ketones is 1. The van der Waals surface area contributed by atoms with Gasteiger partial charge in [0.2, 0.25) is 0 Å². The van der Waals surface area contributed by atoms with Crippen LogP contribution in [0.3, 0.4) is 0 Å². The van der Waals surface area contributed by atoms with Gasteiger partial charge in [0, 0.05) is 5.41 Å². The van der Waals surface area contributed by atoms with Gasteiger partial charge >= 0.3 is 0 Å². The van der Waals surface area contributed by atoms with Crippen molar-refractivity contribution in [3.8, 4) is 0 Å². The van der Waals surface area contributed by atoms with Crippen molar-refractivity contribution in [1.29, 1.82) is 0 Å². The molecule has 0 fully saturated rings. The van der Waals surface area contributed by atoms with Crippen LogP contribution < -0.4 is 0 Å². The van der Waals surface area contributed by atoms with Gasteiger partial charge in [-0.05, 0) is 6.92 Å². The van der Waals surface area contributed by atoms with Crippen LogP contribution in [-0.2, 0) is 4.79 Å². The summed E-state index contributed by atoms with van der Waals surface area (Å²) in [4.78, 5) is 11.2. The van der Waals surface area contributed by atoms with Crippen molar-refractivity contribution in [2.24, 2.45) is 5.41 Å². The molecule has 0 aliphatic heterocycles. The third-order valence-corrected chi connectivity index (χ3v) is 1.46. The van der Waals surface area contributed by atoms with E-state index in [1.807, 2.05) is 0 Å². The normalized spacial score (nSPS) is 17.6. The van der Waals surface area contributed by atoms with Gasteiger partial charge in [-0.3, -0.25) is 4.79 Å². The highest BCUT2D eigenvalue weighted by atomic mass is 16.3. The molecular weight excluding hydrogens is 144 g/mol. The molecule has 2 atom stereocenters. The van der Waals surface area contributed by atoms with Gasteiger partial charge in [0.25, 0.3) is 0 Å². The van der Waals surface area contributed by atoms with Crippen LogP contribution >= 0.6 is 0 Å². The van der Waals surface area contributed by atoms with Crippen molar-refractivity contribution in [1.82, 2.24) is 0 Å². The van der Waals surface area contributed by atoms with Gasteiger partial charge in [0.05, 0.1) is 6.10 Å². The third-order valence-electron chi connectivity index (χ3n) is 1.46. The number of aliphatic hydroxyl groups excluding tert-OH is 2. The van der Waals surface area contributed by atoms with E-state index in [1.54, 1.807) is 20.8 Å². The highest BCUT2D eigenvalue weighted by Gasteiger charge is 2.30. The summed E-state index contributed by atoms with van der Waals surface area (Å²) in [6, 6.07) is 0. The van der Waals surface area contributed by atoms with Crippen molar-refractivity contribution in [2.75, 3.05) is 0 Å². The molecular formula is C8H16O3. The minimum atomic E-state index is -1.25. The van der Waals surface area contributed by atoms with E-state index in [2.05, 4.69) is 0 Å². The Labute approximate surface area is 67.0 Å². The fourth-order valence-electron chi connectivity index (χ4n) is 0.663. The van der Waals surface area contributed by atoms with Gasteiger partial charge in [-0.25, -0.2) is 0 Å². The maximum absolute atomic E-state index is 11.2. The summed E-state index contributed by atoms with van der Waals surface area (Å²) in [6.07, 6.45) is -2.24. The standard InChI is InChI=1S/C8H16O3/c1-5(9)6(10)7(11)8(2,3)4/h5-6,9-10H,1-4H3/t5-,6-/m1/s1. The van der Waals surface area contributed by atoms with E-state index in [0.717, 1.165) is 0 Å². The molecule has 0 aliphatic rings. The molecule has 0 aliphatic carbocycles. The lowest BCUT2D eigenvalue weighted by molar-refractivity contribution is -0.140. The predicted octanol–water partition coefficient (Wildman–Crippen LogP) is 0.343. The predicted molar refractivity (Wildman–Crippen MR) is 42.1 cm³/mol. The SMILES string of the molecule is C[C@@H](O)[C@@H](O)C(=O)C(C)(C)C. The summed E-state index contributed by atoms with van der Waals surface area (Å²) in [7, 11) is 0. The quantitative estimate of drug-likeness (QED) is 0.612. The van der Waals surface area contributed by atoms with E-state index in [0.29, 0.717) is 0 Å². The van der Waals surface area contributed by atoms with Crippen LogP contribution in [0.25, 0.3) is 0 Å². The highest BCUT2D eigenvalue weighted by molar-refractivity contribution is 5.88. The third kappa shape index (κ3) is 2.99. The molecule has 0 radical (unpaired) electrons. The Hall–Kier alpha value is -0.410. The molecule has 0 heterocycles. The second kappa shape index (κ2) is 3.32. The fourth-order valence-corrected chi connectivity index (χ4v) is 0.663. The zero-order chi connectivity index (χ0) is 9.23. The largest absolute Gasteiger partial charge is 0.390 e. The molecule has 0 rings (SSSR count). The summed E-state index contributed by atoms with van der Waals surface area (Å²) in [6.45, 7) is 6.52. The zero-order valence-corrected chi connectivity index (χ0v) is 7.46. The van der Waals surface area contributed by atoms with Gasteiger partial charge in [-0.1, -0.05) is 20.8 Å². The van der Waals surface area contributed by atoms with Crippen LogP contribution in [0.2, 0.25) is 0 Å². The second-order valence-electron chi connectivity index (χ2n) is 3.80. The molecule has 0 saturated carbocycles. The number of hydrogen-bond donors (Lipinski definition) is 2. The van der Waals surface area contributed by atoms with E-state index in [-0.39, 0.29) is 5.78 Å². The molecule has 2 N–H and O–H groups in total. The van der Waals surface area contributed by atoms with Crippen LogP contribution in [0.15, 0.2) is 0 Å². The van der Waals surface area contributed by atoms with E-state index in [9.17, 15) is 4.79 Å². The lowest BCUT2D eigenvalue weighted by Gasteiger charge is -2.22. The smallest absolute Gasteiger partial charge is 0.169 e. The van der Waals surface area contributed by atoms with Crippen LogP contribution in [0.1, 0.15) is 27.7 Å². The number of hydrogen-bond acceptors (Lipinski definition) is 3. The molecule has 0 unspecified atom stereocenters. The summed E-state index contributed by atoms with van der Waals surface area (Å²) < 4.78 is 0. The minimum absolute atomic E-state index is 0.326. The number of aliphatic hydroxyl groups is 2. The Morgan fingerprint density at radius 1 is 1.27 bits per heavy atom. The van der Waals surface area contributed by atoms with Crippen molar-refractivity contribution in [2.45, 2.75) is 39.9 Å². The van der Waals surface area contributed by atoms with Crippen LogP contribution in [0, 0.1) is 5.41 Å². The first-order chi connectivity index (χ1) is 4.76. The first-order valence-corrected chi connectivity index (χ1v) is 3.67. The van der Waals surface area contributed by atoms with Crippen LogP contribution in [0.4, 0.5) is 0 Å². The average molecular weight is 160 g/mol. The van der Waals surface area contributed by atoms with Crippen LogP contribution in [0.5, 0.6) is 0 Å². The molecule has 0 aromatic carbocycles. The summed E-state index contributed by atoms with van der Waals surface area (Å²) >= 11 is 0. The minimum Gasteiger partial charge on any atom is -0.390 e. The molecule has 3 heteroatoms. The van der Waals surface area contributed by atoms with Crippen molar-refractivity contribution in [3.05, 3.63) is 0 Å². The fraction of sp³-hybridized carbons (Fsp3) is 0.875. The molecule has 0 aromatic heterocycles. The summed E-state index contributed by atoms with van der Waals surface area (Å²) in [5.74, 6) is -0.326. The molecule has 11 heavy (non-hydrogen) atoms. The zero-order valence-electron chi connectivity index (χ0n) is 7.46. The molecule has 0 bridgehead atoms. The Kier molecular flexibility index (Phi) is 3.20. The molecule has 0 aromatic rings. The first kappa shape index (κ1) is 10.6. The summed E-state index contributed by atoms with van der Waals surface area (Å²) in [5.41, 5.74) is -0.587. The van der Waals surface area contributed by atoms with E-state index >= 15 is 0 Å². The Balaban J connectivity index is 4.26. The van der Waals surface area contributed by atoms with Crippen molar-refractivity contribution in [3.63, 3.8) is 0 Å².